The number of nitrogens with zero attached hydrogens (tertiary/aromatic N) is 3. The van der Waals surface area contributed by atoms with Gasteiger partial charge in [0.05, 0.1) is 17.4 Å². The molecule has 1 aliphatic heterocycles. The average molecular weight is 216 g/mol. The molecule has 1 N–H and O–H groups in total. The van der Waals surface area contributed by atoms with E-state index in [1.54, 1.807) is 0 Å². The van der Waals surface area contributed by atoms with Gasteiger partial charge < -0.3 is 14.8 Å². The summed E-state index contributed by atoms with van der Waals surface area (Å²) < 4.78 is 2.05. The fourth-order valence-electron chi connectivity index (χ4n) is 2.24. The number of nitrogens with one attached hydrogen (secondary N) is 1. The number of piperazine rings is 1. The van der Waals surface area contributed by atoms with Crippen LogP contribution in [0.15, 0.2) is 24.5 Å². The van der Waals surface area contributed by atoms with Gasteiger partial charge in [-0.25, -0.2) is 4.98 Å². The molecule has 2 heterocycles. The van der Waals surface area contributed by atoms with Gasteiger partial charge >= 0.3 is 0 Å². The van der Waals surface area contributed by atoms with Gasteiger partial charge in [-0.3, -0.25) is 0 Å². The van der Waals surface area contributed by atoms with Gasteiger partial charge in [0.1, 0.15) is 0 Å². The van der Waals surface area contributed by atoms with Crippen LogP contribution in [0.25, 0.3) is 11.0 Å². The van der Waals surface area contributed by atoms with Crippen molar-refractivity contribution in [2.75, 3.05) is 31.1 Å². The molecule has 1 aromatic carbocycles. The summed E-state index contributed by atoms with van der Waals surface area (Å²) in [5.74, 6) is 0. The van der Waals surface area contributed by atoms with E-state index in [1.165, 1.54) is 11.2 Å². The Labute approximate surface area is 94.9 Å². The largest absolute Gasteiger partial charge is 0.369 e. The molecular formula is C12H16N4. The molecule has 0 spiro atoms. The van der Waals surface area contributed by atoms with Crippen molar-refractivity contribution < 1.29 is 0 Å². The summed E-state index contributed by atoms with van der Waals surface area (Å²) in [5, 5.41) is 3.36. The van der Waals surface area contributed by atoms with Crippen molar-refractivity contribution >= 4 is 16.7 Å². The molecule has 0 unspecified atom stereocenters. The summed E-state index contributed by atoms with van der Waals surface area (Å²) >= 11 is 0. The van der Waals surface area contributed by atoms with Gasteiger partial charge in [0.2, 0.25) is 0 Å². The van der Waals surface area contributed by atoms with E-state index in [0.717, 1.165) is 31.7 Å². The van der Waals surface area contributed by atoms with Crippen LogP contribution in [-0.4, -0.2) is 35.7 Å². The maximum Gasteiger partial charge on any atom is 0.0955 e. The molecule has 0 amide bonds. The molecule has 4 heteroatoms. The molecular weight excluding hydrogens is 200 g/mol. The van der Waals surface area contributed by atoms with Gasteiger partial charge in [-0.1, -0.05) is 0 Å². The molecule has 84 valence electrons. The van der Waals surface area contributed by atoms with Gasteiger partial charge in [0.25, 0.3) is 0 Å². The third-order valence-electron chi connectivity index (χ3n) is 3.19. The number of benzene rings is 1. The second-order valence-corrected chi connectivity index (χ2v) is 4.27. The Balaban J connectivity index is 1.97. The van der Waals surface area contributed by atoms with Crippen LogP contribution in [0.5, 0.6) is 0 Å². The first-order chi connectivity index (χ1) is 7.84. The van der Waals surface area contributed by atoms with E-state index in [-0.39, 0.29) is 0 Å². The highest BCUT2D eigenvalue weighted by atomic mass is 15.2. The van der Waals surface area contributed by atoms with Gasteiger partial charge in [-0.2, -0.15) is 0 Å². The Bertz CT molecular complexity index is 497. The second kappa shape index (κ2) is 3.79. The topological polar surface area (TPSA) is 33.1 Å². The van der Waals surface area contributed by atoms with E-state index >= 15 is 0 Å². The van der Waals surface area contributed by atoms with Gasteiger partial charge in [0.15, 0.2) is 0 Å². The number of rotatable bonds is 1. The molecule has 1 aliphatic rings. The first-order valence-corrected chi connectivity index (χ1v) is 5.71. The fraction of sp³-hybridized carbons (Fsp3) is 0.417. The number of anilines is 1. The molecule has 16 heavy (non-hydrogen) atoms. The van der Waals surface area contributed by atoms with E-state index in [4.69, 9.17) is 0 Å². The first kappa shape index (κ1) is 9.66. The van der Waals surface area contributed by atoms with Crippen molar-refractivity contribution in [1.29, 1.82) is 0 Å². The smallest absolute Gasteiger partial charge is 0.0955 e. The summed E-state index contributed by atoms with van der Waals surface area (Å²) in [7, 11) is 2.03. The van der Waals surface area contributed by atoms with Gasteiger partial charge in [-0.05, 0) is 18.2 Å². The molecule has 0 radical (unpaired) electrons. The van der Waals surface area contributed by atoms with E-state index < -0.39 is 0 Å². The number of imidazole rings is 1. The Kier molecular flexibility index (Phi) is 2.29. The Morgan fingerprint density at radius 3 is 2.88 bits per heavy atom. The number of hydrogen-bond donors (Lipinski definition) is 1. The van der Waals surface area contributed by atoms with Crippen LogP contribution in [0.2, 0.25) is 0 Å². The number of aryl methyl sites for hydroxylation is 1. The molecule has 4 nitrogen and oxygen atoms in total. The van der Waals surface area contributed by atoms with Crippen LogP contribution in [0.1, 0.15) is 0 Å². The van der Waals surface area contributed by atoms with Crippen molar-refractivity contribution in [2.45, 2.75) is 0 Å². The minimum Gasteiger partial charge on any atom is -0.369 e. The summed E-state index contributed by atoms with van der Waals surface area (Å²) in [6.07, 6.45) is 1.87. The monoisotopic (exact) mass is 216 g/mol. The van der Waals surface area contributed by atoms with E-state index in [9.17, 15) is 0 Å². The van der Waals surface area contributed by atoms with Crippen molar-refractivity contribution in [3.63, 3.8) is 0 Å². The highest BCUT2D eigenvalue weighted by Gasteiger charge is 2.11. The SMILES string of the molecule is Cn1cnc2cc(N3CCNCC3)ccc21. The lowest BCUT2D eigenvalue weighted by Gasteiger charge is -2.29. The highest BCUT2D eigenvalue weighted by molar-refractivity contribution is 5.79. The number of aromatic nitrogens is 2. The molecule has 0 atom stereocenters. The summed E-state index contributed by atoms with van der Waals surface area (Å²) in [4.78, 5) is 6.80. The quantitative estimate of drug-likeness (QED) is 0.771. The van der Waals surface area contributed by atoms with Gasteiger partial charge in [0, 0.05) is 38.9 Å². The summed E-state index contributed by atoms with van der Waals surface area (Å²) in [5.41, 5.74) is 3.56. The molecule has 0 bridgehead atoms. The highest BCUT2D eigenvalue weighted by Crippen LogP contribution is 2.21. The van der Waals surface area contributed by atoms with Crippen molar-refractivity contribution in [2.24, 2.45) is 7.05 Å². The summed E-state index contributed by atoms with van der Waals surface area (Å²) in [6.45, 7) is 4.30. The van der Waals surface area contributed by atoms with Crippen molar-refractivity contribution in [3.8, 4) is 0 Å². The molecule has 1 fully saturated rings. The Morgan fingerprint density at radius 2 is 2.06 bits per heavy atom. The third-order valence-corrected chi connectivity index (χ3v) is 3.19. The fourth-order valence-corrected chi connectivity index (χ4v) is 2.24. The van der Waals surface area contributed by atoms with Gasteiger partial charge in [-0.15, -0.1) is 0 Å². The minimum atomic E-state index is 1.07. The summed E-state index contributed by atoms with van der Waals surface area (Å²) in [6, 6.07) is 6.52. The zero-order valence-electron chi connectivity index (χ0n) is 9.48. The molecule has 0 aliphatic carbocycles. The van der Waals surface area contributed by atoms with Crippen LogP contribution in [0, 0.1) is 0 Å². The molecule has 0 saturated carbocycles. The van der Waals surface area contributed by atoms with Crippen LogP contribution in [0.4, 0.5) is 5.69 Å². The third kappa shape index (κ3) is 1.55. The van der Waals surface area contributed by atoms with Crippen molar-refractivity contribution in [1.82, 2.24) is 14.9 Å². The maximum absolute atomic E-state index is 4.39. The predicted molar refractivity (Wildman–Crippen MR) is 65.8 cm³/mol. The van der Waals surface area contributed by atoms with Crippen LogP contribution in [0.3, 0.4) is 0 Å². The lowest BCUT2D eigenvalue weighted by Crippen LogP contribution is -2.43. The lowest BCUT2D eigenvalue weighted by atomic mass is 10.2. The zero-order valence-corrected chi connectivity index (χ0v) is 9.48. The molecule has 1 saturated heterocycles. The second-order valence-electron chi connectivity index (χ2n) is 4.27. The van der Waals surface area contributed by atoms with E-state index in [2.05, 4.69) is 38.0 Å². The first-order valence-electron chi connectivity index (χ1n) is 5.71. The normalized spacial score (nSPS) is 16.9. The number of fused-ring (bicyclic) bond motifs is 1. The van der Waals surface area contributed by atoms with E-state index in [1.807, 2.05) is 13.4 Å². The minimum absolute atomic E-state index is 1.07. The van der Waals surface area contributed by atoms with Crippen LogP contribution < -0.4 is 10.2 Å². The van der Waals surface area contributed by atoms with Crippen LogP contribution in [-0.2, 0) is 7.05 Å². The standard InChI is InChI=1S/C12H16N4/c1-15-9-14-11-8-10(2-3-12(11)15)16-6-4-13-5-7-16/h2-3,8-9,13H,4-7H2,1H3. The Morgan fingerprint density at radius 1 is 1.25 bits per heavy atom. The molecule has 3 rings (SSSR count). The van der Waals surface area contributed by atoms with Crippen LogP contribution >= 0.6 is 0 Å². The predicted octanol–water partition coefficient (Wildman–Crippen LogP) is 0.983. The van der Waals surface area contributed by atoms with E-state index in [0.29, 0.717) is 0 Å². The Hall–Kier alpha value is -1.55. The molecule has 2 aromatic rings. The average Bonchev–Trinajstić information content (AvgIpc) is 2.72. The maximum atomic E-state index is 4.39. The lowest BCUT2D eigenvalue weighted by molar-refractivity contribution is 0.589. The molecule has 1 aromatic heterocycles. The van der Waals surface area contributed by atoms with Crippen molar-refractivity contribution in [3.05, 3.63) is 24.5 Å². The zero-order chi connectivity index (χ0) is 11.0. The number of hydrogen-bond acceptors (Lipinski definition) is 3.